The fourth-order valence-electron chi connectivity index (χ4n) is 3.37. The number of thioether (sulfide) groups is 1. The molecule has 1 N–H and O–H groups in total. The van der Waals surface area contributed by atoms with Crippen LogP contribution in [0.1, 0.15) is 28.4 Å². The lowest BCUT2D eigenvalue weighted by Crippen LogP contribution is -2.37. The minimum absolute atomic E-state index is 0.207. The van der Waals surface area contributed by atoms with Crippen LogP contribution in [-0.4, -0.2) is 24.9 Å². The predicted octanol–water partition coefficient (Wildman–Crippen LogP) is 4.71. The Bertz CT molecular complexity index is 769. The summed E-state index contributed by atoms with van der Waals surface area (Å²) in [6.45, 7) is 5.97. The Labute approximate surface area is 153 Å². The highest BCUT2D eigenvalue weighted by molar-refractivity contribution is 7.99. The molecule has 3 rings (SSSR count). The smallest absolute Gasteiger partial charge is 0.123 e. The molecule has 1 aliphatic rings. The van der Waals surface area contributed by atoms with Gasteiger partial charge in [-0.3, -0.25) is 0 Å². The van der Waals surface area contributed by atoms with Crippen LogP contribution in [0.2, 0.25) is 0 Å². The zero-order valence-corrected chi connectivity index (χ0v) is 15.7. The molecule has 0 saturated carbocycles. The van der Waals surface area contributed by atoms with Crippen molar-refractivity contribution in [2.75, 3.05) is 14.2 Å². The molecule has 0 aliphatic heterocycles. The van der Waals surface area contributed by atoms with Crippen LogP contribution in [0.15, 0.2) is 53.9 Å². The predicted molar refractivity (Wildman–Crippen MR) is 103 cm³/mol. The van der Waals surface area contributed by atoms with Gasteiger partial charge in [0.1, 0.15) is 11.5 Å². The van der Waals surface area contributed by atoms with Crippen LogP contribution < -0.4 is 9.47 Å². The third-order valence-corrected chi connectivity index (χ3v) is 6.26. The molecule has 132 valence electrons. The molecule has 0 fully saturated rings. The van der Waals surface area contributed by atoms with E-state index in [9.17, 15) is 5.11 Å². The molecule has 1 aliphatic carbocycles. The molecule has 3 nitrogen and oxygen atoms in total. The van der Waals surface area contributed by atoms with Gasteiger partial charge in [0, 0.05) is 16.0 Å². The highest BCUT2D eigenvalue weighted by Crippen LogP contribution is 2.54. The first-order valence-electron chi connectivity index (χ1n) is 8.35. The Morgan fingerprint density at radius 3 is 2.36 bits per heavy atom. The van der Waals surface area contributed by atoms with E-state index in [0.717, 1.165) is 33.9 Å². The number of ether oxygens (including phenoxy) is 2. The van der Waals surface area contributed by atoms with Gasteiger partial charge in [-0.25, -0.2) is 0 Å². The van der Waals surface area contributed by atoms with Crippen molar-refractivity contribution < 1.29 is 14.6 Å². The van der Waals surface area contributed by atoms with E-state index < -0.39 is 5.60 Å². The maximum Gasteiger partial charge on any atom is 0.123 e. The average Bonchev–Trinajstić information content (AvgIpc) is 2.64. The van der Waals surface area contributed by atoms with Gasteiger partial charge < -0.3 is 14.6 Å². The summed E-state index contributed by atoms with van der Waals surface area (Å²) in [6, 6.07) is 12.2. The van der Waals surface area contributed by atoms with Crippen LogP contribution in [0.25, 0.3) is 0 Å². The van der Waals surface area contributed by atoms with Crippen LogP contribution in [0.5, 0.6) is 11.5 Å². The van der Waals surface area contributed by atoms with Crippen molar-refractivity contribution in [1.82, 2.24) is 0 Å². The summed E-state index contributed by atoms with van der Waals surface area (Å²) >= 11 is 1.64. The molecule has 25 heavy (non-hydrogen) atoms. The summed E-state index contributed by atoms with van der Waals surface area (Å²) in [4.78, 5) is 1.11. The molecule has 0 spiro atoms. The third-order valence-electron chi connectivity index (χ3n) is 4.83. The molecule has 2 aromatic rings. The van der Waals surface area contributed by atoms with Gasteiger partial charge in [0.25, 0.3) is 0 Å². The normalized spacial score (nSPS) is 22.2. The maximum atomic E-state index is 11.3. The summed E-state index contributed by atoms with van der Waals surface area (Å²) in [6.07, 6.45) is 3.00. The molecule has 0 amide bonds. The molecule has 0 bridgehead atoms. The molecule has 0 saturated heterocycles. The number of aliphatic hydroxyl groups is 1. The second-order valence-electron chi connectivity index (χ2n) is 6.37. The Hall–Kier alpha value is -1.91. The number of rotatable bonds is 5. The fraction of sp³-hybridized carbons (Fsp3) is 0.333. The van der Waals surface area contributed by atoms with E-state index in [1.165, 1.54) is 5.56 Å². The topological polar surface area (TPSA) is 38.7 Å². The van der Waals surface area contributed by atoms with Crippen molar-refractivity contribution in [2.45, 2.75) is 35.5 Å². The van der Waals surface area contributed by atoms with E-state index >= 15 is 0 Å². The van der Waals surface area contributed by atoms with Crippen LogP contribution >= 0.6 is 11.8 Å². The Morgan fingerprint density at radius 1 is 1.12 bits per heavy atom. The number of benzene rings is 2. The summed E-state index contributed by atoms with van der Waals surface area (Å²) in [5.74, 6) is 1.62. The average molecular weight is 356 g/mol. The molecule has 4 heteroatoms. The highest BCUT2D eigenvalue weighted by Gasteiger charge is 2.43. The van der Waals surface area contributed by atoms with Gasteiger partial charge in [0.2, 0.25) is 0 Å². The van der Waals surface area contributed by atoms with Gasteiger partial charge in [-0.2, -0.15) is 0 Å². The minimum Gasteiger partial charge on any atom is -0.496 e. The second-order valence-corrected chi connectivity index (χ2v) is 7.55. The number of hydrogen-bond donors (Lipinski definition) is 1. The summed E-state index contributed by atoms with van der Waals surface area (Å²) in [7, 11) is 3.34. The standard InChI is InChI=1S/C21H24O3S/c1-5-21(22)13-12-16-17(23-3)10-11-18(24-4)19(16)20(21)25-15-8-6-14(2)7-9-15/h5-11,20,22H,1,12-13H2,2-4H3/t20-,21-/m1/s1. The van der Waals surface area contributed by atoms with Crippen molar-refractivity contribution in [3.8, 4) is 11.5 Å². The first kappa shape index (κ1) is 17.9. The number of fused-ring (bicyclic) bond motifs is 1. The summed E-state index contributed by atoms with van der Waals surface area (Å²) in [5, 5.41) is 11.0. The first-order valence-corrected chi connectivity index (χ1v) is 9.23. The van der Waals surface area contributed by atoms with E-state index in [1.807, 2.05) is 12.1 Å². The summed E-state index contributed by atoms with van der Waals surface area (Å²) in [5.41, 5.74) is 2.33. The second kappa shape index (κ2) is 7.14. The molecular formula is C21H24O3S. The van der Waals surface area contributed by atoms with E-state index in [1.54, 1.807) is 32.1 Å². The van der Waals surface area contributed by atoms with Gasteiger partial charge in [0.05, 0.1) is 25.1 Å². The lowest BCUT2D eigenvalue weighted by atomic mass is 9.79. The zero-order chi connectivity index (χ0) is 18.0. The molecule has 2 atom stereocenters. The van der Waals surface area contributed by atoms with Crippen molar-refractivity contribution in [3.05, 3.63) is 65.7 Å². The van der Waals surface area contributed by atoms with E-state index in [-0.39, 0.29) is 5.25 Å². The minimum atomic E-state index is -0.998. The largest absolute Gasteiger partial charge is 0.496 e. The Kier molecular flexibility index (Phi) is 5.11. The van der Waals surface area contributed by atoms with Gasteiger partial charge >= 0.3 is 0 Å². The third kappa shape index (κ3) is 3.29. The van der Waals surface area contributed by atoms with Crippen LogP contribution in [0, 0.1) is 6.92 Å². The van der Waals surface area contributed by atoms with E-state index in [4.69, 9.17) is 9.47 Å². The Morgan fingerprint density at radius 2 is 1.76 bits per heavy atom. The van der Waals surface area contributed by atoms with Gasteiger partial charge in [-0.05, 0) is 44.0 Å². The zero-order valence-electron chi connectivity index (χ0n) is 14.9. The number of aryl methyl sites for hydroxylation is 1. The van der Waals surface area contributed by atoms with Gasteiger partial charge in [-0.1, -0.05) is 23.8 Å². The quantitative estimate of drug-likeness (QED) is 0.788. The molecule has 0 unspecified atom stereocenters. The molecule has 0 radical (unpaired) electrons. The SMILES string of the molecule is C=C[C@@]1(O)CCc2c(OC)ccc(OC)c2[C@H]1Sc1ccc(C)cc1. The van der Waals surface area contributed by atoms with Gasteiger partial charge in [-0.15, -0.1) is 18.3 Å². The van der Waals surface area contributed by atoms with Crippen LogP contribution in [0.3, 0.4) is 0 Å². The fourth-order valence-corrected chi connectivity index (χ4v) is 4.73. The van der Waals surface area contributed by atoms with E-state index in [2.05, 4.69) is 37.8 Å². The Balaban J connectivity index is 2.13. The van der Waals surface area contributed by atoms with Crippen LogP contribution in [0.4, 0.5) is 0 Å². The number of hydrogen-bond acceptors (Lipinski definition) is 4. The van der Waals surface area contributed by atoms with Crippen molar-refractivity contribution >= 4 is 11.8 Å². The molecule has 0 aromatic heterocycles. The lowest BCUT2D eigenvalue weighted by Gasteiger charge is -2.40. The maximum absolute atomic E-state index is 11.3. The van der Waals surface area contributed by atoms with Crippen molar-refractivity contribution in [1.29, 1.82) is 0 Å². The number of methoxy groups -OCH3 is 2. The summed E-state index contributed by atoms with van der Waals surface area (Å²) < 4.78 is 11.2. The first-order chi connectivity index (χ1) is 12.0. The van der Waals surface area contributed by atoms with Crippen molar-refractivity contribution in [3.63, 3.8) is 0 Å². The van der Waals surface area contributed by atoms with Gasteiger partial charge in [0.15, 0.2) is 0 Å². The van der Waals surface area contributed by atoms with Crippen LogP contribution in [-0.2, 0) is 6.42 Å². The monoisotopic (exact) mass is 356 g/mol. The molecular weight excluding hydrogens is 332 g/mol. The molecule has 2 aromatic carbocycles. The molecule has 0 heterocycles. The van der Waals surface area contributed by atoms with E-state index in [0.29, 0.717) is 6.42 Å². The lowest BCUT2D eigenvalue weighted by molar-refractivity contribution is 0.0718. The van der Waals surface area contributed by atoms with Crippen molar-refractivity contribution in [2.24, 2.45) is 0 Å². The highest BCUT2D eigenvalue weighted by atomic mass is 32.2.